The van der Waals surface area contributed by atoms with Gasteiger partial charge in [0.2, 0.25) is 11.8 Å². The van der Waals surface area contributed by atoms with Gasteiger partial charge in [0.25, 0.3) is 5.91 Å². The molecule has 0 saturated carbocycles. The van der Waals surface area contributed by atoms with E-state index < -0.39 is 11.8 Å². The normalized spacial score (nSPS) is 10.0. The summed E-state index contributed by atoms with van der Waals surface area (Å²) in [5, 5.41) is 3.25. The molecule has 2 aromatic rings. The molecule has 0 atom stereocenters. The number of ether oxygens (including phenoxy) is 1. The van der Waals surface area contributed by atoms with Gasteiger partial charge in [-0.15, -0.1) is 0 Å². The van der Waals surface area contributed by atoms with Crippen molar-refractivity contribution in [2.24, 2.45) is 0 Å². The maximum absolute atomic E-state index is 12.1. The van der Waals surface area contributed by atoms with Crippen LogP contribution in [0.15, 0.2) is 42.5 Å². The van der Waals surface area contributed by atoms with Gasteiger partial charge in [0.1, 0.15) is 5.75 Å². The van der Waals surface area contributed by atoms with Crippen LogP contribution in [-0.2, 0) is 9.59 Å². The molecule has 0 aliphatic carbocycles. The molecule has 142 valence electrons. The zero-order valence-corrected chi connectivity index (χ0v) is 15.7. The number of anilines is 1. The first-order valence-electron chi connectivity index (χ1n) is 8.19. The topological polar surface area (TPSA) is 96.5 Å². The van der Waals surface area contributed by atoms with Gasteiger partial charge in [-0.3, -0.25) is 25.2 Å². The van der Waals surface area contributed by atoms with Crippen LogP contribution in [0.25, 0.3) is 0 Å². The van der Waals surface area contributed by atoms with Gasteiger partial charge in [-0.2, -0.15) is 0 Å². The number of rotatable bonds is 6. The van der Waals surface area contributed by atoms with Crippen LogP contribution in [0.5, 0.6) is 5.75 Å². The Bertz CT molecular complexity index is 855. The van der Waals surface area contributed by atoms with Gasteiger partial charge in [0.15, 0.2) is 0 Å². The molecule has 3 amide bonds. The predicted molar refractivity (Wildman–Crippen MR) is 103 cm³/mol. The second kappa shape index (κ2) is 9.59. The Morgan fingerprint density at radius 3 is 2.41 bits per heavy atom. The molecule has 0 unspecified atom stereocenters. The third kappa shape index (κ3) is 5.72. The van der Waals surface area contributed by atoms with Crippen LogP contribution < -0.4 is 20.9 Å². The van der Waals surface area contributed by atoms with Crippen molar-refractivity contribution in [3.63, 3.8) is 0 Å². The Labute approximate surface area is 162 Å². The summed E-state index contributed by atoms with van der Waals surface area (Å²) >= 11 is 6.00. The van der Waals surface area contributed by atoms with E-state index in [-0.39, 0.29) is 24.3 Å². The van der Waals surface area contributed by atoms with Crippen LogP contribution in [-0.4, -0.2) is 24.8 Å². The zero-order valence-electron chi connectivity index (χ0n) is 15.0. The monoisotopic (exact) mass is 389 g/mol. The molecule has 0 radical (unpaired) electrons. The van der Waals surface area contributed by atoms with Crippen LogP contribution in [0, 0.1) is 6.92 Å². The highest BCUT2D eigenvalue weighted by atomic mass is 35.5. The van der Waals surface area contributed by atoms with Crippen LogP contribution in [0.2, 0.25) is 5.02 Å². The largest absolute Gasteiger partial charge is 0.496 e. The third-order valence-corrected chi connectivity index (χ3v) is 4.20. The van der Waals surface area contributed by atoms with E-state index in [4.69, 9.17) is 16.3 Å². The highest BCUT2D eigenvalue weighted by molar-refractivity contribution is 6.31. The summed E-state index contributed by atoms with van der Waals surface area (Å²) in [6.07, 6.45) is -0.125. The molecule has 0 aliphatic rings. The summed E-state index contributed by atoms with van der Waals surface area (Å²) in [6, 6.07) is 11.8. The number of halogens is 1. The van der Waals surface area contributed by atoms with Crippen LogP contribution >= 0.6 is 11.6 Å². The first-order chi connectivity index (χ1) is 12.9. The molecule has 27 heavy (non-hydrogen) atoms. The lowest BCUT2D eigenvalue weighted by molar-refractivity contribution is -0.124. The van der Waals surface area contributed by atoms with Crippen molar-refractivity contribution in [3.8, 4) is 5.75 Å². The van der Waals surface area contributed by atoms with E-state index >= 15 is 0 Å². The molecule has 7 nitrogen and oxygen atoms in total. The molecule has 0 bridgehead atoms. The van der Waals surface area contributed by atoms with E-state index in [9.17, 15) is 14.4 Å². The Morgan fingerprint density at radius 1 is 0.963 bits per heavy atom. The number of para-hydroxylation sites is 1. The van der Waals surface area contributed by atoms with E-state index in [2.05, 4.69) is 16.2 Å². The van der Waals surface area contributed by atoms with Gasteiger partial charge < -0.3 is 10.1 Å². The fourth-order valence-corrected chi connectivity index (χ4v) is 2.45. The number of methoxy groups -OCH3 is 1. The molecule has 8 heteroatoms. The predicted octanol–water partition coefficient (Wildman–Crippen LogP) is 2.84. The summed E-state index contributed by atoms with van der Waals surface area (Å²) in [4.78, 5) is 35.9. The molecular weight excluding hydrogens is 370 g/mol. The van der Waals surface area contributed by atoms with Gasteiger partial charge in [0, 0.05) is 23.6 Å². The van der Waals surface area contributed by atoms with Crippen molar-refractivity contribution >= 4 is 35.0 Å². The van der Waals surface area contributed by atoms with E-state index in [1.165, 1.54) is 7.11 Å². The minimum atomic E-state index is -0.514. The van der Waals surface area contributed by atoms with Gasteiger partial charge in [-0.05, 0) is 36.8 Å². The molecule has 0 saturated heterocycles. The van der Waals surface area contributed by atoms with E-state index in [0.29, 0.717) is 16.5 Å². The number of nitrogens with one attached hydrogen (secondary N) is 3. The van der Waals surface area contributed by atoms with Crippen molar-refractivity contribution < 1.29 is 19.1 Å². The highest BCUT2D eigenvalue weighted by Crippen LogP contribution is 2.23. The molecule has 3 N–H and O–H groups in total. The summed E-state index contributed by atoms with van der Waals surface area (Å²) in [7, 11) is 1.45. The fourth-order valence-electron chi connectivity index (χ4n) is 2.27. The number of hydrogen-bond acceptors (Lipinski definition) is 4. The molecule has 0 heterocycles. The fraction of sp³-hybridized carbons (Fsp3) is 0.211. The Hall–Kier alpha value is -3.06. The van der Waals surface area contributed by atoms with E-state index in [1.54, 1.807) is 49.4 Å². The van der Waals surface area contributed by atoms with Crippen molar-refractivity contribution in [2.45, 2.75) is 19.8 Å². The minimum absolute atomic E-state index is 0.0394. The average molecular weight is 390 g/mol. The van der Waals surface area contributed by atoms with Gasteiger partial charge in [-0.1, -0.05) is 29.8 Å². The highest BCUT2D eigenvalue weighted by Gasteiger charge is 2.13. The lowest BCUT2D eigenvalue weighted by atomic mass is 10.2. The second-order valence-electron chi connectivity index (χ2n) is 5.66. The van der Waals surface area contributed by atoms with Crippen molar-refractivity contribution in [1.29, 1.82) is 0 Å². The molecule has 0 aliphatic heterocycles. The molecule has 0 spiro atoms. The summed E-state index contributed by atoms with van der Waals surface area (Å²) < 4.78 is 5.09. The van der Waals surface area contributed by atoms with Gasteiger partial charge >= 0.3 is 0 Å². The zero-order chi connectivity index (χ0) is 19.8. The molecular formula is C19H20ClN3O4. The Kier molecular flexibility index (Phi) is 7.19. The first kappa shape index (κ1) is 20.3. The number of carbonyl (C=O) groups is 3. The second-order valence-corrected chi connectivity index (χ2v) is 6.07. The molecule has 0 fully saturated rings. The third-order valence-electron chi connectivity index (χ3n) is 3.79. The van der Waals surface area contributed by atoms with E-state index in [1.807, 2.05) is 0 Å². The first-order valence-corrected chi connectivity index (χ1v) is 8.57. The molecule has 2 aromatic carbocycles. The molecule has 2 rings (SSSR count). The van der Waals surface area contributed by atoms with Crippen molar-refractivity contribution in [2.75, 3.05) is 12.4 Å². The van der Waals surface area contributed by atoms with Gasteiger partial charge in [0.05, 0.1) is 12.7 Å². The maximum Gasteiger partial charge on any atom is 0.273 e. The lowest BCUT2D eigenvalue weighted by Gasteiger charge is -2.11. The summed E-state index contributed by atoms with van der Waals surface area (Å²) in [5.74, 6) is -0.942. The number of carbonyl (C=O) groups excluding carboxylic acids is 3. The lowest BCUT2D eigenvalue weighted by Crippen LogP contribution is -2.41. The number of amides is 3. The van der Waals surface area contributed by atoms with Crippen molar-refractivity contribution in [1.82, 2.24) is 10.9 Å². The van der Waals surface area contributed by atoms with Gasteiger partial charge in [-0.25, -0.2) is 0 Å². The smallest absolute Gasteiger partial charge is 0.273 e. The van der Waals surface area contributed by atoms with Crippen LogP contribution in [0.4, 0.5) is 5.69 Å². The minimum Gasteiger partial charge on any atom is -0.496 e. The molecule has 0 aromatic heterocycles. The number of benzene rings is 2. The summed E-state index contributed by atoms with van der Waals surface area (Å²) in [6.45, 7) is 1.79. The quantitative estimate of drug-likeness (QED) is 0.662. The Balaban J connectivity index is 1.79. The average Bonchev–Trinajstić information content (AvgIpc) is 2.68. The van der Waals surface area contributed by atoms with E-state index in [0.717, 1.165) is 5.56 Å². The Morgan fingerprint density at radius 2 is 1.67 bits per heavy atom. The SMILES string of the molecule is COc1ccccc1C(=O)NNC(=O)CCC(=O)Nc1cccc(Cl)c1C. The number of hydrogen-bond donors (Lipinski definition) is 3. The summed E-state index contributed by atoms with van der Waals surface area (Å²) in [5.41, 5.74) is 6.20. The van der Waals surface area contributed by atoms with Crippen LogP contribution in [0.3, 0.4) is 0 Å². The van der Waals surface area contributed by atoms with Crippen molar-refractivity contribution in [3.05, 3.63) is 58.6 Å². The number of hydrazine groups is 1. The van der Waals surface area contributed by atoms with Crippen LogP contribution in [0.1, 0.15) is 28.8 Å². The standard InChI is InChI=1S/C19H20ClN3O4/c1-12-14(20)7-5-8-15(12)21-17(24)10-11-18(25)22-23-19(26)13-6-3-4-9-16(13)27-2/h3-9H,10-11H2,1-2H3,(H,21,24)(H,22,25)(H,23,26). The maximum atomic E-state index is 12.1.